The molecule has 0 aromatic heterocycles. The van der Waals surface area contributed by atoms with Crippen LogP contribution in [0.2, 0.25) is 0 Å². The highest BCUT2D eigenvalue weighted by Crippen LogP contribution is 2.10. The Labute approximate surface area is 93.3 Å². The van der Waals surface area contributed by atoms with E-state index >= 15 is 0 Å². The Morgan fingerprint density at radius 1 is 1.40 bits per heavy atom. The van der Waals surface area contributed by atoms with Crippen LogP contribution in [0.3, 0.4) is 0 Å². The van der Waals surface area contributed by atoms with Gasteiger partial charge in [-0.25, -0.2) is 8.42 Å². The highest BCUT2D eigenvalue weighted by atomic mass is 32.2. The Balaban J connectivity index is 4.27. The summed E-state index contributed by atoms with van der Waals surface area (Å²) in [6.07, 6.45) is 0.977. The molecule has 0 aliphatic heterocycles. The molecule has 0 saturated carbocycles. The van der Waals surface area contributed by atoms with Crippen LogP contribution in [-0.2, 0) is 14.6 Å². The van der Waals surface area contributed by atoms with Crippen molar-refractivity contribution in [3.63, 3.8) is 0 Å². The third-order valence-electron chi connectivity index (χ3n) is 2.73. The average Bonchev–Trinajstić information content (AvgIpc) is 2.22. The van der Waals surface area contributed by atoms with Crippen LogP contribution in [0, 0.1) is 5.92 Å². The van der Waals surface area contributed by atoms with E-state index in [1.807, 2.05) is 7.05 Å². The highest BCUT2D eigenvalue weighted by Gasteiger charge is 2.21. The molecule has 0 spiro atoms. The normalized spacial score (nSPS) is 16.3. The monoisotopic (exact) mass is 237 g/mol. The lowest BCUT2D eigenvalue weighted by atomic mass is 10.0. The molecule has 92 valence electrons. The molecule has 0 rings (SSSR count). The number of sulfone groups is 1. The Hall–Kier alpha value is -0.130. The molecule has 0 aliphatic rings. The molecule has 0 radical (unpaired) electrons. The van der Waals surface area contributed by atoms with Crippen LogP contribution in [-0.4, -0.2) is 46.7 Å². The number of hydrogen-bond donors (Lipinski definition) is 1. The van der Waals surface area contributed by atoms with Gasteiger partial charge in [-0.05, 0) is 13.0 Å². The average molecular weight is 237 g/mol. The zero-order valence-corrected chi connectivity index (χ0v) is 10.9. The molecular formula is C10H23NO3S. The van der Waals surface area contributed by atoms with Crippen molar-refractivity contribution in [2.45, 2.75) is 26.3 Å². The standard InChI is InChI=1S/C10H23NO3S/c1-5-9(2)10(11-3)8-15(12,13)7-6-14-4/h9-11H,5-8H2,1-4H3. The predicted octanol–water partition coefficient (Wildman–Crippen LogP) is 0.682. The van der Waals surface area contributed by atoms with Crippen molar-refractivity contribution < 1.29 is 13.2 Å². The second-order valence-corrected chi connectivity index (χ2v) is 6.12. The summed E-state index contributed by atoms with van der Waals surface area (Å²) in [5, 5.41) is 3.07. The fraction of sp³-hybridized carbons (Fsp3) is 1.00. The van der Waals surface area contributed by atoms with Crippen LogP contribution in [0.15, 0.2) is 0 Å². The Morgan fingerprint density at radius 2 is 2.00 bits per heavy atom. The van der Waals surface area contributed by atoms with Crippen molar-refractivity contribution >= 4 is 9.84 Å². The molecule has 1 N–H and O–H groups in total. The summed E-state index contributed by atoms with van der Waals surface area (Å²) in [5.41, 5.74) is 0. The van der Waals surface area contributed by atoms with E-state index in [-0.39, 0.29) is 24.2 Å². The van der Waals surface area contributed by atoms with Gasteiger partial charge in [0.15, 0.2) is 9.84 Å². The Kier molecular flexibility index (Phi) is 7.13. The quantitative estimate of drug-likeness (QED) is 0.674. The summed E-state index contributed by atoms with van der Waals surface area (Å²) in [6.45, 7) is 4.41. The molecule has 0 aliphatic carbocycles. The third-order valence-corrected chi connectivity index (χ3v) is 4.39. The number of nitrogens with one attached hydrogen (secondary N) is 1. The maximum absolute atomic E-state index is 11.7. The molecule has 0 aromatic rings. The van der Waals surface area contributed by atoms with Crippen LogP contribution >= 0.6 is 0 Å². The van der Waals surface area contributed by atoms with Gasteiger partial charge >= 0.3 is 0 Å². The van der Waals surface area contributed by atoms with Crippen LogP contribution in [0.25, 0.3) is 0 Å². The summed E-state index contributed by atoms with van der Waals surface area (Å²) in [5.74, 6) is 0.673. The van der Waals surface area contributed by atoms with Gasteiger partial charge in [-0.15, -0.1) is 0 Å². The minimum atomic E-state index is -3.00. The first kappa shape index (κ1) is 14.9. The first-order chi connectivity index (χ1) is 6.96. The first-order valence-corrected chi connectivity index (χ1v) is 7.15. The van der Waals surface area contributed by atoms with E-state index in [9.17, 15) is 8.42 Å². The first-order valence-electron chi connectivity index (χ1n) is 5.33. The van der Waals surface area contributed by atoms with Gasteiger partial charge in [0.2, 0.25) is 0 Å². The molecule has 0 aromatic carbocycles. The molecule has 2 atom stereocenters. The summed E-state index contributed by atoms with van der Waals surface area (Å²) in [6, 6.07) is 0.0388. The SMILES string of the molecule is CCC(C)C(CS(=O)(=O)CCOC)NC. The largest absolute Gasteiger partial charge is 0.384 e. The lowest BCUT2D eigenvalue weighted by Crippen LogP contribution is -2.39. The lowest BCUT2D eigenvalue weighted by molar-refractivity contribution is 0.217. The zero-order valence-electron chi connectivity index (χ0n) is 10.1. The molecule has 4 nitrogen and oxygen atoms in total. The third kappa shape index (κ3) is 6.12. The maximum Gasteiger partial charge on any atom is 0.154 e. The number of hydrogen-bond acceptors (Lipinski definition) is 4. The van der Waals surface area contributed by atoms with Gasteiger partial charge in [-0.3, -0.25) is 0 Å². The molecule has 0 fully saturated rings. The van der Waals surface area contributed by atoms with Crippen molar-refractivity contribution in [2.24, 2.45) is 5.92 Å². The van der Waals surface area contributed by atoms with Crippen molar-refractivity contribution in [3.05, 3.63) is 0 Å². The summed E-state index contributed by atoms with van der Waals surface area (Å²) in [4.78, 5) is 0. The van der Waals surface area contributed by atoms with E-state index in [0.29, 0.717) is 5.92 Å². The molecule has 0 bridgehead atoms. The minimum absolute atomic E-state index is 0.0388. The van der Waals surface area contributed by atoms with E-state index in [1.54, 1.807) is 0 Å². The van der Waals surface area contributed by atoms with Crippen LogP contribution in [0.5, 0.6) is 0 Å². The lowest BCUT2D eigenvalue weighted by Gasteiger charge is -2.22. The van der Waals surface area contributed by atoms with E-state index in [4.69, 9.17) is 4.74 Å². The van der Waals surface area contributed by atoms with Gasteiger partial charge in [-0.1, -0.05) is 20.3 Å². The van der Waals surface area contributed by atoms with Crippen molar-refractivity contribution in [3.8, 4) is 0 Å². The number of methoxy groups -OCH3 is 1. The molecule has 2 unspecified atom stereocenters. The minimum Gasteiger partial charge on any atom is -0.384 e. The van der Waals surface area contributed by atoms with Crippen molar-refractivity contribution in [2.75, 3.05) is 32.3 Å². The summed E-state index contributed by atoms with van der Waals surface area (Å²) >= 11 is 0. The topological polar surface area (TPSA) is 55.4 Å². The molecule has 0 saturated heterocycles. The van der Waals surface area contributed by atoms with Gasteiger partial charge in [0.25, 0.3) is 0 Å². The Morgan fingerprint density at radius 3 is 2.40 bits per heavy atom. The Bertz CT molecular complexity index is 251. The fourth-order valence-corrected chi connectivity index (χ4v) is 3.01. The number of rotatable bonds is 8. The second kappa shape index (κ2) is 7.19. The maximum atomic E-state index is 11.7. The summed E-state index contributed by atoms with van der Waals surface area (Å²) < 4.78 is 28.1. The van der Waals surface area contributed by atoms with Crippen molar-refractivity contribution in [1.82, 2.24) is 5.32 Å². The predicted molar refractivity (Wildman–Crippen MR) is 62.8 cm³/mol. The molecule has 15 heavy (non-hydrogen) atoms. The van der Waals surface area contributed by atoms with Crippen LogP contribution in [0.1, 0.15) is 20.3 Å². The second-order valence-electron chi connectivity index (χ2n) is 3.89. The number of ether oxygens (including phenoxy) is 1. The van der Waals surface area contributed by atoms with Gasteiger partial charge in [0, 0.05) is 13.2 Å². The zero-order chi connectivity index (χ0) is 11.9. The van der Waals surface area contributed by atoms with Crippen LogP contribution in [0.4, 0.5) is 0 Å². The van der Waals surface area contributed by atoms with Gasteiger partial charge in [-0.2, -0.15) is 0 Å². The molecular weight excluding hydrogens is 214 g/mol. The van der Waals surface area contributed by atoms with E-state index < -0.39 is 9.84 Å². The molecule has 0 heterocycles. The van der Waals surface area contributed by atoms with E-state index in [2.05, 4.69) is 19.2 Å². The summed E-state index contributed by atoms with van der Waals surface area (Å²) in [7, 11) is 0.324. The smallest absolute Gasteiger partial charge is 0.154 e. The molecule has 0 amide bonds. The van der Waals surface area contributed by atoms with Crippen LogP contribution < -0.4 is 5.32 Å². The highest BCUT2D eigenvalue weighted by molar-refractivity contribution is 7.91. The van der Waals surface area contributed by atoms with E-state index in [0.717, 1.165) is 6.42 Å². The van der Waals surface area contributed by atoms with Gasteiger partial charge in [0.05, 0.1) is 18.1 Å². The van der Waals surface area contributed by atoms with Crippen molar-refractivity contribution in [1.29, 1.82) is 0 Å². The fourth-order valence-electron chi connectivity index (χ4n) is 1.38. The van der Waals surface area contributed by atoms with Gasteiger partial charge in [0.1, 0.15) is 0 Å². The molecule has 5 heteroatoms. The van der Waals surface area contributed by atoms with E-state index in [1.165, 1.54) is 7.11 Å². The van der Waals surface area contributed by atoms with Gasteiger partial charge < -0.3 is 10.1 Å².